The Hall–Kier alpha value is -1.88. The normalized spacial score (nSPS) is 11.3. The number of rotatable bonds is 6. The molecule has 102 valence electrons. The summed E-state index contributed by atoms with van der Waals surface area (Å²) in [7, 11) is 1.97. The molecule has 0 aliphatic rings. The topological polar surface area (TPSA) is 58.4 Å². The third-order valence-electron chi connectivity index (χ3n) is 3.14. The lowest BCUT2D eigenvalue weighted by molar-refractivity contribution is -0.138. The van der Waals surface area contributed by atoms with Gasteiger partial charge in [-0.25, -0.2) is 4.98 Å². The molecule has 0 aliphatic carbocycles. The Kier molecular flexibility index (Phi) is 4.16. The molecule has 1 heterocycles. The van der Waals surface area contributed by atoms with E-state index in [9.17, 15) is 4.79 Å². The fourth-order valence-corrected chi connectivity index (χ4v) is 2.26. The fraction of sp³-hybridized carbons (Fsp3) is 0.429. The summed E-state index contributed by atoms with van der Waals surface area (Å²) < 4.78 is 2.03. The van der Waals surface area contributed by atoms with Crippen molar-refractivity contribution in [1.82, 2.24) is 14.5 Å². The molecule has 0 unspecified atom stereocenters. The lowest BCUT2D eigenvalue weighted by Crippen LogP contribution is -2.31. The molecule has 0 bridgehead atoms. The van der Waals surface area contributed by atoms with Crippen LogP contribution < -0.4 is 0 Å². The lowest BCUT2D eigenvalue weighted by atomic mass is 10.3. The Bertz CT molecular complexity index is 577. The van der Waals surface area contributed by atoms with Gasteiger partial charge < -0.3 is 9.67 Å². The van der Waals surface area contributed by atoms with Crippen molar-refractivity contribution in [2.45, 2.75) is 19.9 Å². The van der Waals surface area contributed by atoms with Crippen LogP contribution in [0.5, 0.6) is 0 Å². The first kappa shape index (κ1) is 13.5. The third kappa shape index (κ3) is 3.12. The molecule has 2 rings (SSSR count). The molecule has 0 saturated carbocycles. The highest BCUT2D eigenvalue weighted by Gasteiger charge is 2.14. The van der Waals surface area contributed by atoms with Crippen molar-refractivity contribution in [2.75, 3.05) is 13.1 Å². The van der Waals surface area contributed by atoms with Gasteiger partial charge in [0.25, 0.3) is 0 Å². The van der Waals surface area contributed by atoms with Gasteiger partial charge in [-0.3, -0.25) is 9.69 Å². The van der Waals surface area contributed by atoms with Gasteiger partial charge in [0.2, 0.25) is 0 Å². The summed E-state index contributed by atoms with van der Waals surface area (Å²) in [5, 5.41) is 8.93. The van der Waals surface area contributed by atoms with Crippen LogP contribution in [0.15, 0.2) is 24.3 Å². The first-order valence-electron chi connectivity index (χ1n) is 6.46. The molecule has 19 heavy (non-hydrogen) atoms. The van der Waals surface area contributed by atoms with Crippen LogP contribution in [0.4, 0.5) is 0 Å². The second-order valence-corrected chi connectivity index (χ2v) is 4.68. The number of carboxylic acid groups (broad SMARTS) is 1. The van der Waals surface area contributed by atoms with Crippen LogP contribution in [0.3, 0.4) is 0 Å². The van der Waals surface area contributed by atoms with Gasteiger partial charge in [-0.2, -0.15) is 0 Å². The van der Waals surface area contributed by atoms with Crippen molar-refractivity contribution >= 4 is 17.0 Å². The molecular weight excluding hydrogens is 242 g/mol. The predicted molar refractivity (Wildman–Crippen MR) is 73.9 cm³/mol. The predicted octanol–water partition coefficient (Wildman–Crippen LogP) is 1.87. The first-order valence-corrected chi connectivity index (χ1v) is 6.46. The van der Waals surface area contributed by atoms with Crippen LogP contribution in [0.2, 0.25) is 0 Å². The van der Waals surface area contributed by atoms with Crippen LogP contribution >= 0.6 is 0 Å². The molecule has 1 aromatic heterocycles. The molecule has 0 spiro atoms. The van der Waals surface area contributed by atoms with Crippen LogP contribution in [0.1, 0.15) is 19.2 Å². The second-order valence-electron chi connectivity index (χ2n) is 4.68. The Morgan fingerprint density at radius 1 is 1.42 bits per heavy atom. The summed E-state index contributed by atoms with van der Waals surface area (Å²) in [4.78, 5) is 17.3. The number of benzene rings is 1. The number of aliphatic carboxylic acids is 1. The number of aryl methyl sites for hydroxylation is 1. The minimum atomic E-state index is -0.799. The van der Waals surface area contributed by atoms with Crippen LogP contribution in [-0.2, 0) is 18.4 Å². The molecule has 0 atom stereocenters. The van der Waals surface area contributed by atoms with Gasteiger partial charge in [-0.1, -0.05) is 19.1 Å². The summed E-state index contributed by atoms with van der Waals surface area (Å²) in [6, 6.07) is 7.93. The van der Waals surface area contributed by atoms with Gasteiger partial charge in [0.05, 0.1) is 24.1 Å². The molecule has 5 heteroatoms. The standard InChI is InChI=1S/C14H19N3O2/c1-3-8-17(10-14(18)19)9-13-15-11-6-4-5-7-12(11)16(13)2/h4-7H,3,8-10H2,1-2H3,(H,18,19). The fourth-order valence-electron chi connectivity index (χ4n) is 2.26. The van der Waals surface area contributed by atoms with E-state index in [1.54, 1.807) is 0 Å². The first-order chi connectivity index (χ1) is 9.11. The molecule has 1 aromatic carbocycles. The summed E-state index contributed by atoms with van der Waals surface area (Å²) in [6.45, 7) is 3.42. The summed E-state index contributed by atoms with van der Waals surface area (Å²) in [6.07, 6.45) is 0.928. The van der Waals surface area contributed by atoms with Crippen molar-refractivity contribution in [1.29, 1.82) is 0 Å². The molecule has 0 radical (unpaired) electrons. The van der Waals surface area contributed by atoms with Gasteiger partial charge in [0.1, 0.15) is 5.82 Å². The van der Waals surface area contributed by atoms with E-state index in [4.69, 9.17) is 5.11 Å². The van der Waals surface area contributed by atoms with E-state index >= 15 is 0 Å². The molecule has 0 amide bonds. The minimum Gasteiger partial charge on any atom is -0.480 e. The van der Waals surface area contributed by atoms with E-state index in [0.29, 0.717) is 6.54 Å². The lowest BCUT2D eigenvalue weighted by Gasteiger charge is -2.18. The summed E-state index contributed by atoms with van der Waals surface area (Å²) in [5.74, 6) is 0.100. The van der Waals surface area contributed by atoms with Gasteiger partial charge in [-0.15, -0.1) is 0 Å². The molecule has 1 N–H and O–H groups in total. The molecule has 5 nitrogen and oxygen atoms in total. The van der Waals surface area contributed by atoms with E-state index in [0.717, 1.165) is 29.8 Å². The van der Waals surface area contributed by atoms with E-state index in [1.165, 1.54) is 0 Å². The molecule has 0 saturated heterocycles. The SMILES string of the molecule is CCCN(CC(=O)O)Cc1nc2ccccc2n1C. The van der Waals surface area contributed by atoms with Crippen LogP contribution in [-0.4, -0.2) is 38.6 Å². The zero-order valence-electron chi connectivity index (χ0n) is 11.3. The number of hydrogen-bond donors (Lipinski definition) is 1. The zero-order chi connectivity index (χ0) is 13.8. The zero-order valence-corrected chi connectivity index (χ0v) is 11.3. The van der Waals surface area contributed by atoms with Crippen molar-refractivity contribution in [2.24, 2.45) is 7.05 Å². The Morgan fingerprint density at radius 3 is 2.79 bits per heavy atom. The number of nitrogens with zero attached hydrogens (tertiary/aromatic N) is 3. The van der Waals surface area contributed by atoms with Crippen molar-refractivity contribution in [3.05, 3.63) is 30.1 Å². The van der Waals surface area contributed by atoms with Crippen molar-refractivity contribution in [3.63, 3.8) is 0 Å². The van der Waals surface area contributed by atoms with E-state index < -0.39 is 5.97 Å². The average molecular weight is 261 g/mol. The Morgan fingerprint density at radius 2 is 2.16 bits per heavy atom. The number of carboxylic acids is 1. The molecule has 0 fully saturated rings. The largest absolute Gasteiger partial charge is 0.480 e. The highest BCUT2D eigenvalue weighted by Crippen LogP contribution is 2.15. The third-order valence-corrected chi connectivity index (χ3v) is 3.14. The number of hydrogen-bond acceptors (Lipinski definition) is 3. The highest BCUT2D eigenvalue weighted by molar-refractivity contribution is 5.75. The average Bonchev–Trinajstić information content (AvgIpc) is 2.67. The number of carbonyl (C=O) groups is 1. The van der Waals surface area contributed by atoms with Crippen molar-refractivity contribution < 1.29 is 9.90 Å². The van der Waals surface area contributed by atoms with Crippen LogP contribution in [0.25, 0.3) is 11.0 Å². The maximum absolute atomic E-state index is 10.9. The van der Waals surface area contributed by atoms with Gasteiger partial charge >= 0.3 is 5.97 Å². The maximum atomic E-state index is 10.9. The number of fused-ring (bicyclic) bond motifs is 1. The molecule has 2 aromatic rings. The smallest absolute Gasteiger partial charge is 0.317 e. The van der Waals surface area contributed by atoms with Gasteiger partial charge in [0, 0.05) is 7.05 Å². The van der Waals surface area contributed by atoms with E-state index in [1.807, 2.05) is 47.7 Å². The second kappa shape index (κ2) is 5.84. The number of imidazole rings is 1. The van der Waals surface area contributed by atoms with E-state index in [2.05, 4.69) is 4.98 Å². The quantitative estimate of drug-likeness (QED) is 0.862. The van der Waals surface area contributed by atoms with Gasteiger partial charge in [0.15, 0.2) is 0 Å². The monoisotopic (exact) mass is 261 g/mol. The Labute approximate surface area is 112 Å². The highest BCUT2D eigenvalue weighted by atomic mass is 16.4. The summed E-state index contributed by atoms with van der Waals surface area (Å²) >= 11 is 0. The maximum Gasteiger partial charge on any atom is 0.317 e. The molecular formula is C14H19N3O2. The Balaban J connectivity index is 2.23. The van der Waals surface area contributed by atoms with Crippen molar-refractivity contribution in [3.8, 4) is 0 Å². The number of aromatic nitrogens is 2. The van der Waals surface area contributed by atoms with E-state index in [-0.39, 0.29) is 6.54 Å². The molecule has 0 aliphatic heterocycles. The minimum absolute atomic E-state index is 0.0526. The number of para-hydroxylation sites is 2. The van der Waals surface area contributed by atoms with Crippen LogP contribution in [0, 0.1) is 0 Å². The van der Waals surface area contributed by atoms with Gasteiger partial charge in [-0.05, 0) is 25.1 Å². The summed E-state index contributed by atoms with van der Waals surface area (Å²) in [5.41, 5.74) is 2.02.